The van der Waals surface area contributed by atoms with E-state index in [2.05, 4.69) is 138 Å². The van der Waals surface area contributed by atoms with Crippen LogP contribution in [0.15, 0.2) is 133 Å². The van der Waals surface area contributed by atoms with Crippen molar-refractivity contribution >= 4 is 87.2 Å². The van der Waals surface area contributed by atoms with Crippen molar-refractivity contribution in [3.05, 3.63) is 133 Å². The highest BCUT2D eigenvalue weighted by molar-refractivity contribution is 7.25. The number of fused-ring (bicyclic) bond motifs is 12. The van der Waals surface area contributed by atoms with Gasteiger partial charge in [0.05, 0.1) is 16.7 Å². The molecular formula is C40H22BNO2S. The van der Waals surface area contributed by atoms with Crippen LogP contribution in [0.1, 0.15) is 0 Å². The topological polar surface area (TPSA) is 23.4 Å². The van der Waals surface area contributed by atoms with E-state index in [9.17, 15) is 0 Å². The summed E-state index contributed by atoms with van der Waals surface area (Å²) in [7, 11) is 0. The SMILES string of the molecule is c1ccc2c3c(ccc2c1)Oc1cc(-n2c4ccccc4c4ccccc42)cc2c1B3c1cc3c(cc1O2)sc1ccccc13. The van der Waals surface area contributed by atoms with E-state index in [-0.39, 0.29) is 6.71 Å². The average molecular weight is 592 g/mol. The minimum absolute atomic E-state index is 0.0242. The number of benzene rings is 7. The Morgan fingerprint density at radius 1 is 0.467 bits per heavy atom. The molecule has 0 aliphatic carbocycles. The molecule has 208 valence electrons. The third-order valence-corrected chi connectivity index (χ3v) is 10.8. The van der Waals surface area contributed by atoms with Crippen LogP contribution in [0.2, 0.25) is 0 Å². The van der Waals surface area contributed by atoms with E-state index in [1.807, 2.05) is 11.3 Å². The fourth-order valence-corrected chi connectivity index (χ4v) is 8.92. The molecule has 0 radical (unpaired) electrons. The normalized spacial score (nSPS) is 13.2. The molecule has 2 aliphatic rings. The highest BCUT2D eigenvalue weighted by Crippen LogP contribution is 2.42. The van der Waals surface area contributed by atoms with Crippen molar-refractivity contribution in [1.29, 1.82) is 0 Å². The summed E-state index contributed by atoms with van der Waals surface area (Å²) in [6.45, 7) is -0.0242. The Bertz CT molecular complexity index is 2690. The molecule has 4 heterocycles. The zero-order chi connectivity index (χ0) is 29.2. The van der Waals surface area contributed by atoms with Gasteiger partial charge in [-0.1, -0.05) is 91.0 Å². The zero-order valence-electron chi connectivity index (χ0n) is 24.0. The lowest BCUT2D eigenvalue weighted by molar-refractivity contribution is 0.465. The minimum atomic E-state index is -0.0242. The van der Waals surface area contributed by atoms with Gasteiger partial charge >= 0.3 is 0 Å². The van der Waals surface area contributed by atoms with Gasteiger partial charge in [0.1, 0.15) is 23.0 Å². The molecule has 45 heavy (non-hydrogen) atoms. The summed E-state index contributed by atoms with van der Waals surface area (Å²) in [6.07, 6.45) is 0. The van der Waals surface area contributed by atoms with Gasteiger partial charge in [-0.3, -0.25) is 0 Å². The van der Waals surface area contributed by atoms with Crippen LogP contribution in [-0.4, -0.2) is 11.3 Å². The van der Waals surface area contributed by atoms with Crippen LogP contribution in [0.5, 0.6) is 23.0 Å². The summed E-state index contributed by atoms with van der Waals surface area (Å²) in [5.74, 6) is 3.51. The lowest BCUT2D eigenvalue weighted by Crippen LogP contribution is -2.57. The molecule has 0 saturated carbocycles. The maximum absolute atomic E-state index is 6.93. The summed E-state index contributed by atoms with van der Waals surface area (Å²) in [5, 5.41) is 7.45. The lowest BCUT2D eigenvalue weighted by Gasteiger charge is -2.34. The zero-order valence-corrected chi connectivity index (χ0v) is 24.8. The van der Waals surface area contributed by atoms with Crippen LogP contribution >= 0.6 is 11.3 Å². The van der Waals surface area contributed by atoms with Crippen molar-refractivity contribution in [3.8, 4) is 28.7 Å². The molecule has 0 amide bonds. The van der Waals surface area contributed by atoms with E-state index in [0.717, 1.165) is 45.2 Å². The molecule has 11 rings (SSSR count). The van der Waals surface area contributed by atoms with Crippen molar-refractivity contribution < 1.29 is 9.47 Å². The van der Waals surface area contributed by atoms with Crippen molar-refractivity contribution in [2.45, 2.75) is 0 Å². The van der Waals surface area contributed by atoms with Crippen LogP contribution < -0.4 is 25.9 Å². The fraction of sp³-hybridized carbons (Fsp3) is 0. The maximum Gasteiger partial charge on any atom is 0.261 e. The van der Waals surface area contributed by atoms with Gasteiger partial charge < -0.3 is 14.0 Å². The quantitative estimate of drug-likeness (QED) is 0.178. The Balaban J connectivity index is 1.24. The van der Waals surface area contributed by atoms with Crippen LogP contribution in [0.3, 0.4) is 0 Å². The second kappa shape index (κ2) is 8.56. The number of hydrogen-bond acceptors (Lipinski definition) is 3. The first-order chi connectivity index (χ1) is 22.3. The standard InChI is InChI=1S/C40H22BNO2S/c1-2-10-25-23(9-1)17-18-33-39(25)41-30-21-29-28-13-5-8-16-37(28)45-38(29)22-34(30)44-36-20-24(19-35(43-33)40(36)41)42-31-14-6-3-11-26(31)27-12-4-7-15-32(27)42/h1-22H. The molecular weight excluding hydrogens is 569 g/mol. The number of aromatic nitrogens is 1. The first kappa shape index (κ1) is 23.9. The predicted molar refractivity (Wildman–Crippen MR) is 189 cm³/mol. The van der Waals surface area contributed by atoms with Gasteiger partial charge in [-0.15, -0.1) is 11.3 Å². The number of para-hydroxylation sites is 2. The van der Waals surface area contributed by atoms with Crippen molar-refractivity contribution in [3.63, 3.8) is 0 Å². The summed E-state index contributed by atoms with van der Waals surface area (Å²) < 4.78 is 18.7. The molecule has 3 nitrogen and oxygen atoms in total. The summed E-state index contributed by atoms with van der Waals surface area (Å²) in [4.78, 5) is 0. The lowest BCUT2D eigenvalue weighted by atomic mass is 9.34. The smallest absolute Gasteiger partial charge is 0.261 e. The molecule has 0 bridgehead atoms. The molecule has 0 atom stereocenters. The van der Waals surface area contributed by atoms with E-state index >= 15 is 0 Å². The number of ether oxygens (including phenoxy) is 2. The molecule has 0 unspecified atom stereocenters. The van der Waals surface area contributed by atoms with Gasteiger partial charge in [0.25, 0.3) is 6.71 Å². The second-order valence-corrected chi connectivity index (χ2v) is 13.1. The number of rotatable bonds is 1. The summed E-state index contributed by atoms with van der Waals surface area (Å²) in [5.41, 5.74) is 6.83. The van der Waals surface area contributed by atoms with Crippen molar-refractivity contribution in [1.82, 2.24) is 4.57 Å². The van der Waals surface area contributed by atoms with Crippen LogP contribution in [0.25, 0.3) is 58.4 Å². The van der Waals surface area contributed by atoms with E-state index in [1.165, 1.54) is 52.6 Å². The van der Waals surface area contributed by atoms with Crippen LogP contribution in [0, 0.1) is 0 Å². The molecule has 0 N–H and O–H groups in total. The minimum Gasteiger partial charge on any atom is -0.458 e. The number of thiophene rings is 1. The van der Waals surface area contributed by atoms with Gasteiger partial charge in [0.2, 0.25) is 0 Å². The van der Waals surface area contributed by atoms with Gasteiger partial charge in [-0.25, -0.2) is 0 Å². The highest BCUT2D eigenvalue weighted by atomic mass is 32.1. The summed E-state index contributed by atoms with van der Waals surface area (Å²) >= 11 is 1.83. The Morgan fingerprint density at radius 3 is 1.89 bits per heavy atom. The Labute approximate surface area is 262 Å². The van der Waals surface area contributed by atoms with Crippen molar-refractivity contribution in [2.24, 2.45) is 0 Å². The van der Waals surface area contributed by atoms with Crippen LogP contribution in [0.4, 0.5) is 0 Å². The third-order valence-electron chi connectivity index (χ3n) is 9.70. The highest BCUT2D eigenvalue weighted by Gasteiger charge is 2.42. The van der Waals surface area contributed by atoms with E-state index < -0.39 is 0 Å². The second-order valence-electron chi connectivity index (χ2n) is 12.0. The van der Waals surface area contributed by atoms with E-state index in [1.54, 1.807) is 0 Å². The maximum atomic E-state index is 6.93. The molecule has 2 aliphatic heterocycles. The van der Waals surface area contributed by atoms with E-state index in [0.29, 0.717) is 0 Å². The Hall–Kier alpha value is -5.52. The molecule has 0 saturated heterocycles. The van der Waals surface area contributed by atoms with E-state index in [4.69, 9.17) is 9.47 Å². The van der Waals surface area contributed by atoms with Gasteiger partial charge in [-0.05, 0) is 52.0 Å². The predicted octanol–water partition coefficient (Wildman–Crippen LogP) is 9.03. The molecule has 5 heteroatoms. The summed E-state index contributed by atoms with van der Waals surface area (Å²) in [6, 6.07) is 47.9. The number of nitrogens with zero attached hydrogens (tertiary/aromatic N) is 1. The molecule has 2 aromatic heterocycles. The molecule has 7 aromatic carbocycles. The first-order valence-electron chi connectivity index (χ1n) is 15.3. The van der Waals surface area contributed by atoms with Crippen LogP contribution in [-0.2, 0) is 0 Å². The molecule has 0 fully saturated rings. The first-order valence-corrected chi connectivity index (χ1v) is 16.1. The third kappa shape index (κ3) is 3.15. The Kier molecular flexibility index (Phi) is 4.54. The van der Waals surface area contributed by atoms with Crippen molar-refractivity contribution in [2.75, 3.05) is 0 Å². The molecule has 0 spiro atoms. The molecule has 9 aromatic rings. The Morgan fingerprint density at radius 2 is 1.11 bits per heavy atom. The fourth-order valence-electron chi connectivity index (χ4n) is 7.81. The van der Waals surface area contributed by atoms with Gasteiger partial charge in [-0.2, -0.15) is 0 Å². The van der Waals surface area contributed by atoms with Gasteiger partial charge in [0, 0.05) is 48.5 Å². The largest absolute Gasteiger partial charge is 0.458 e. The average Bonchev–Trinajstić information content (AvgIpc) is 3.62. The number of hydrogen-bond donors (Lipinski definition) is 0. The monoisotopic (exact) mass is 591 g/mol. The van der Waals surface area contributed by atoms with Gasteiger partial charge in [0.15, 0.2) is 0 Å².